The molecule has 0 amide bonds. The van der Waals surface area contributed by atoms with Gasteiger partial charge in [0.05, 0.1) is 6.10 Å². The molecule has 0 aliphatic heterocycles. The maximum atomic E-state index is 10.9. The SMILES string of the molecule is CC(O)CF.OCC(F)(F)F. The molecule has 1 atom stereocenters. The Morgan fingerprint density at radius 3 is 1.55 bits per heavy atom. The summed E-state index contributed by atoms with van der Waals surface area (Å²) in [6.07, 6.45) is -5.19. The molecular formula is C5H10F4O2. The summed E-state index contributed by atoms with van der Waals surface area (Å²) < 4.78 is 42.5. The van der Waals surface area contributed by atoms with Crippen molar-refractivity contribution >= 4 is 0 Å². The molecule has 6 heteroatoms. The summed E-state index contributed by atoms with van der Waals surface area (Å²) in [6, 6.07) is 0. The molecule has 70 valence electrons. The number of alkyl halides is 4. The van der Waals surface area contributed by atoms with Crippen molar-refractivity contribution in [2.75, 3.05) is 13.3 Å². The van der Waals surface area contributed by atoms with E-state index in [1.807, 2.05) is 0 Å². The van der Waals surface area contributed by atoms with Crippen molar-refractivity contribution in [3.05, 3.63) is 0 Å². The molecule has 0 aromatic heterocycles. The molecule has 11 heavy (non-hydrogen) atoms. The van der Waals surface area contributed by atoms with Gasteiger partial charge in [-0.05, 0) is 6.92 Å². The average molecular weight is 178 g/mol. The summed E-state index contributed by atoms with van der Waals surface area (Å²) in [7, 11) is 0. The second-order valence-corrected chi connectivity index (χ2v) is 1.78. The third-order valence-electron chi connectivity index (χ3n) is 0.403. The van der Waals surface area contributed by atoms with Gasteiger partial charge >= 0.3 is 6.18 Å². The van der Waals surface area contributed by atoms with Crippen LogP contribution in [-0.4, -0.2) is 35.8 Å². The highest BCUT2D eigenvalue weighted by Gasteiger charge is 2.24. The standard InChI is InChI=1S/C3H7FO.C2H3F3O/c1-3(5)2-4;3-2(4,5)1-6/h3,5H,2H2,1H3;6H,1H2. The smallest absolute Gasteiger partial charge is 0.391 e. The van der Waals surface area contributed by atoms with Gasteiger partial charge in [0.25, 0.3) is 0 Å². The Morgan fingerprint density at radius 2 is 1.55 bits per heavy atom. The average Bonchev–Trinajstić information content (AvgIpc) is 1.88. The zero-order valence-corrected chi connectivity index (χ0v) is 5.90. The van der Waals surface area contributed by atoms with Crippen molar-refractivity contribution in [2.45, 2.75) is 19.2 Å². The number of hydrogen-bond donors (Lipinski definition) is 2. The van der Waals surface area contributed by atoms with Crippen LogP contribution in [-0.2, 0) is 0 Å². The van der Waals surface area contributed by atoms with Gasteiger partial charge in [0, 0.05) is 0 Å². The lowest BCUT2D eigenvalue weighted by atomic mass is 10.5. The molecule has 0 rings (SSSR count). The molecule has 0 fully saturated rings. The molecular weight excluding hydrogens is 168 g/mol. The van der Waals surface area contributed by atoms with Gasteiger partial charge in [0.2, 0.25) is 0 Å². The first-order chi connectivity index (χ1) is 4.83. The van der Waals surface area contributed by atoms with Crippen LogP contribution in [0, 0.1) is 0 Å². The Bertz CT molecular complexity index is 81.0. The summed E-state index contributed by atoms with van der Waals surface area (Å²) in [5.74, 6) is 0. The van der Waals surface area contributed by atoms with E-state index in [0.717, 1.165) is 0 Å². The largest absolute Gasteiger partial charge is 0.411 e. The van der Waals surface area contributed by atoms with E-state index in [9.17, 15) is 17.6 Å². The second kappa shape index (κ2) is 6.36. The summed E-state index contributed by atoms with van der Waals surface area (Å²) in [5, 5.41) is 15.3. The van der Waals surface area contributed by atoms with Gasteiger partial charge < -0.3 is 10.2 Å². The van der Waals surface area contributed by atoms with Crippen LogP contribution in [0.3, 0.4) is 0 Å². The van der Waals surface area contributed by atoms with E-state index in [4.69, 9.17) is 10.2 Å². The number of rotatable bonds is 1. The van der Waals surface area contributed by atoms with Crippen LogP contribution in [0.25, 0.3) is 0 Å². The summed E-state index contributed by atoms with van der Waals surface area (Å²) in [4.78, 5) is 0. The van der Waals surface area contributed by atoms with Crippen LogP contribution in [0.1, 0.15) is 6.92 Å². The minimum Gasteiger partial charge on any atom is -0.391 e. The van der Waals surface area contributed by atoms with E-state index in [0.29, 0.717) is 0 Å². The molecule has 0 saturated carbocycles. The number of hydrogen-bond acceptors (Lipinski definition) is 2. The van der Waals surface area contributed by atoms with E-state index < -0.39 is 25.6 Å². The topological polar surface area (TPSA) is 40.5 Å². The maximum absolute atomic E-state index is 10.9. The van der Waals surface area contributed by atoms with Gasteiger partial charge in [-0.1, -0.05) is 0 Å². The van der Waals surface area contributed by atoms with Crippen LogP contribution in [0.15, 0.2) is 0 Å². The van der Waals surface area contributed by atoms with Crippen molar-refractivity contribution < 1.29 is 27.8 Å². The van der Waals surface area contributed by atoms with Crippen molar-refractivity contribution in [2.24, 2.45) is 0 Å². The number of aliphatic hydroxyl groups is 2. The zero-order chi connectivity index (χ0) is 9.49. The third-order valence-corrected chi connectivity index (χ3v) is 0.403. The lowest BCUT2D eigenvalue weighted by Crippen LogP contribution is -2.12. The fourth-order valence-corrected chi connectivity index (χ4v) is 0. The Hall–Kier alpha value is -0.360. The van der Waals surface area contributed by atoms with Crippen LogP contribution in [0.4, 0.5) is 17.6 Å². The number of aliphatic hydroxyl groups excluding tert-OH is 2. The van der Waals surface area contributed by atoms with E-state index in [-0.39, 0.29) is 0 Å². The lowest BCUT2D eigenvalue weighted by molar-refractivity contribution is -0.159. The highest BCUT2D eigenvalue weighted by molar-refractivity contribution is 4.39. The molecule has 1 unspecified atom stereocenters. The first-order valence-corrected chi connectivity index (χ1v) is 2.75. The molecule has 0 heterocycles. The van der Waals surface area contributed by atoms with Crippen LogP contribution in [0.2, 0.25) is 0 Å². The van der Waals surface area contributed by atoms with Crippen molar-refractivity contribution in [3.63, 3.8) is 0 Å². The fraction of sp³-hybridized carbons (Fsp3) is 1.00. The minimum atomic E-state index is -4.40. The van der Waals surface area contributed by atoms with E-state index in [1.165, 1.54) is 6.92 Å². The first-order valence-electron chi connectivity index (χ1n) is 2.75. The molecule has 2 nitrogen and oxygen atoms in total. The normalized spacial score (nSPS) is 13.4. The predicted octanol–water partition coefficient (Wildman–Crippen LogP) is 0.878. The van der Waals surface area contributed by atoms with Gasteiger partial charge in [-0.2, -0.15) is 13.2 Å². The Morgan fingerprint density at radius 1 is 1.36 bits per heavy atom. The lowest BCUT2D eigenvalue weighted by Gasteiger charge is -1.95. The zero-order valence-electron chi connectivity index (χ0n) is 5.90. The fourth-order valence-electron chi connectivity index (χ4n) is 0. The Balaban J connectivity index is 0. The Kier molecular flexibility index (Phi) is 7.65. The van der Waals surface area contributed by atoms with Crippen LogP contribution >= 0.6 is 0 Å². The Labute approximate surface area is 61.5 Å². The van der Waals surface area contributed by atoms with Crippen molar-refractivity contribution in [3.8, 4) is 0 Å². The summed E-state index contributed by atoms with van der Waals surface area (Å²) >= 11 is 0. The highest BCUT2D eigenvalue weighted by atomic mass is 19.4. The van der Waals surface area contributed by atoms with Gasteiger partial charge in [0.1, 0.15) is 13.3 Å². The quantitative estimate of drug-likeness (QED) is 0.585. The van der Waals surface area contributed by atoms with E-state index in [1.54, 1.807) is 0 Å². The monoisotopic (exact) mass is 178 g/mol. The van der Waals surface area contributed by atoms with Crippen LogP contribution in [0.5, 0.6) is 0 Å². The van der Waals surface area contributed by atoms with Crippen LogP contribution < -0.4 is 0 Å². The van der Waals surface area contributed by atoms with Crippen molar-refractivity contribution in [1.82, 2.24) is 0 Å². The second-order valence-electron chi connectivity index (χ2n) is 1.78. The summed E-state index contributed by atoms with van der Waals surface area (Å²) in [6.45, 7) is -0.965. The maximum Gasteiger partial charge on any atom is 0.411 e. The minimum absolute atomic E-state index is 0.639. The van der Waals surface area contributed by atoms with Gasteiger partial charge in [-0.15, -0.1) is 0 Å². The molecule has 0 aromatic rings. The molecule has 0 bridgehead atoms. The molecule has 0 saturated heterocycles. The van der Waals surface area contributed by atoms with Crippen molar-refractivity contribution in [1.29, 1.82) is 0 Å². The summed E-state index contributed by atoms with van der Waals surface area (Å²) in [5.41, 5.74) is 0. The molecule has 0 aliphatic carbocycles. The van der Waals surface area contributed by atoms with E-state index >= 15 is 0 Å². The van der Waals surface area contributed by atoms with Gasteiger partial charge in [-0.3, -0.25) is 0 Å². The van der Waals surface area contributed by atoms with E-state index in [2.05, 4.69) is 0 Å². The number of halogens is 4. The molecule has 2 N–H and O–H groups in total. The predicted molar refractivity (Wildman–Crippen MR) is 30.8 cm³/mol. The van der Waals surface area contributed by atoms with Gasteiger partial charge in [0.15, 0.2) is 0 Å². The molecule has 0 radical (unpaired) electrons. The molecule has 0 aromatic carbocycles. The first kappa shape index (κ1) is 13.2. The van der Waals surface area contributed by atoms with Gasteiger partial charge in [-0.25, -0.2) is 4.39 Å². The highest BCUT2D eigenvalue weighted by Crippen LogP contribution is 2.11. The molecule has 0 aliphatic rings. The molecule has 0 spiro atoms. The third kappa shape index (κ3) is 26.1.